The van der Waals surface area contributed by atoms with Crippen LogP contribution in [0, 0.1) is 13.8 Å². The molecule has 0 radical (unpaired) electrons. The van der Waals surface area contributed by atoms with Gasteiger partial charge in [-0.2, -0.15) is 0 Å². The Kier molecular flexibility index (Phi) is 4.04. The van der Waals surface area contributed by atoms with Crippen molar-refractivity contribution in [2.75, 3.05) is 5.32 Å². The summed E-state index contributed by atoms with van der Waals surface area (Å²) in [5, 5.41) is 3.33. The molecule has 1 aliphatic rings. The highest BCUT2D eigenvalue weighted by Crippen LogP contribution is 2.24. The van der Waals surface area contributed by atoms with Gasteiger partial charge in [-0.05, 0) is 38.3 Å². The van der Waals surface area contributed by atoms with Crippen LogP contribution in [0.2, 0.25) is 0 Å². The van der Waals surface area contributed by atoms with Crippen LogP contribution in [0.25, 0.3) is 0 Å². The van der Waals surface area contributed by atoms with E-state index in [0.717, 1.165) is 30.5 Å². The number of aryl methyl sites for hydroxylation is 2. The molecule has 1 aromatic rings. The molecule has 5 N–H and O–H groups in total. The Bertz CT molecular complexity index is 487. The maximum absolute atomic E-state index is 11.6. The lowest BCUT2D eigenvalue weighted by molar-refractivity contribution is 0.1000. The highest BCUT2D eigenvalue weighted by atomic mass is 16.1. The third-order valence-electron chi connectivity index (χ3n) is 3.73. The highest BCUT2D eigenvalue weighted by molar-refractivity contribution is 5.99. The zero-order chi connectivity index (χ0) is 14.0. The van der Waals surface area contributed by atoms with Gasteiger partial charge in [-0.25, -0.2) is 4.98 Å². The molecule has 0 bridgehead atoms. The summed E-state index contributed by atoms with van der Waals surface area (Å²) in [5.74, 6) is 0.129. The summed E-state index contributed by atoms with van der Waals surface area (Å²) < 4.78 is 0. The van der Waals surface area contributed by atoms with E-state index in [4.69, 9.17) is 11.5 Å². The first-order valence-electron chi connectivity index (χ1n) is 6.79. The second-order valence-electron chi connectivity index (χ2n) is 5.37. The van der Waals surface area contributed by atoms with E-state index in [1.54, 1.807) is 0 Å². The van der Waals surface area contributed by atoms with Crippen LogP contribution in [0.15, 0.2) is 6.07 Å². The minimum atomic E-state index is -0.447. The lowest BCUT2D eigenvalue weighted by atomic mass is 9.91. The Morgan fingerprint density at radius 1 is 1.37 bits per heavy atom. The Morgan fingerprint density at radius 2 is 2.05 bits per heavy atom. The van der Waals surface area contributed by atoms with Crippen LogP contribution in [-0.2, 0) is 0 Å². The first-order chi connectivity index (χ1) is 8.99. The quantitative estimate of drug-likeness (QED) is 0.769. The summed E-state index contributed by atoms with van der Waals surface area (Å²) in [7, 11) is 0. The first-order valence-corrected chi connectivity index (χ1v) is 6.79. The number of carbonyl (C=O) groups excluding carboxylic acids is 1. The normalized spacial score (nSPS) is 23.1. The molecule has 2 atom stereocenters. The standard InChI is InChI=1S/C14H22N4O/c1-8-7-9(2)17-14(12(8)13(16)19)18-11-6-4-3-5-10(11)15/h7,10-11H,3-6,15H2,1-2H3,(H2,16,19)(H,17,18). The molecule has 1 heterocycles. The topological polar surface area (TPSA) is 94.0 Å². The van der Waals surface area contributed by atoms with Crippen molar-refractivity contribution in [1.82, 2.24) is 4.98 Å². The van der Waals surface area contributed by atoms with E-state index < -0.39 is 5.91 Å². The first kappa shape index (κ1) is 13.8. The molecule has 1 aromatic heterocycles. The predicted molar refractivity (Wildman–Crippen MR) is 76.1 cm³/mol. The smallest absolute Gasteiger partial charge is 0.252 e. The number of amides is 1. The summed E-state index contributed by atoms with van der Waals surface area (Å²) >= 11 is 0. The molecule has 2 unspecified atom stereocenters. The zero-order valence-electron chi connectivity index (χ0n) is 11.6. The van der Waals surface area contributed by atoms with Crippen LogP contribution in [0.3, 0.4) is 0 Å². The molecule has 0 aromatic carbocycles. The molecular formula is C14H22N4O. The van der Waals surface area contributed by atoms with E-state index >= 15 is 0 Å². The summed E-state index contributed by atoms with van der Waals surface area (Å²) in [6.45, 7) is 3.78. The SMILES string of the molecule is Cc1cc(C)c(C(N)=O)c(NC2CCCCC2N)n1. The number of aromatic nitrogens is 1. The molecule has 2 rings (SSSR count). The van der Waals surface area contributed by atoms with Gasteiger partial charge >= 0.3 is 0 Å². The van der Waals surface area contributed by atoms with Crippen LogP contribution < -0.4 is 16.8 Å². The number of hydrogen-bond acceptors (Lipinski definition) is 4. The number of primary amides is 1. The zero-order valence-corrected chi connectivity index (χ0v) is 11.6. The Balaban J connectivity index is 2.30. The van der Waals surface area contributed by atoms with Gasteiger partial charge in [0.1, 0.15) is 5.82 Å². The van der Waals surface area contributed by atoms with Gasteiger partial charge in [0.25, 0.3) is 5.91 Å². The second-order valence-corrected chi connectivity index (χ2v) is 5.37. The molecule has 0 spiro atoms. The molecule has 0 aliphatic heterocycles. The number of nitrogens with two attached hydrogens (primary N) is 2. The molecule has 0 saturated heterocycles. The molecule has 104 valence electrons. The number of nitrogens with zero attached hydrogens (tertiary/aromatic N) is 1. The lowest BCUT2D eigenvalue weighted by Crippen LogP contribution is -2.43. The van der Waals surface area contributed by atoms with Gasteiger partial charge in [0.2, 0.25) is 0 Å². The largest absolute Gasteiger partial charge is 0.365 e. The molecule has 1 fully saturated rings. The maximum atomic E-state index is 11.6. The third-order valence-corrected chi connectivity index (χ3v) is 3.73. The summed E-state index contributed by atoms with van der Waals surface area (Å²) in [6, 6.07) is 2.14. The molecule has 1 aliphatic carbocycles. The van der Waals surface area contributed by atoms with Crippen molar-refractivity contribution in [3.05, 3.63) is 22.9 Å². The van der Waals surface area contributed by atoms with Gasteiger partial charge in [-0.3, -0.25) is 4.79 Å². The van der Waals surface area contributed by atoms with Crippen LogP contribution >= 0.6 is 0 Å². The van der Waals surface area contributed by atoms with Gasteiger partial charge in [-0.1, -0.05) is 12.8 Å². The van der Waals surface area contributed by atoms with Crippen molar-refractivity contribution in [2.24, 2.45) is 11.5 Å². The van der Waals surface area contributed by atoms with E-state index in [1.807, 2.05) is 19.9 Å². The average Bonchev–Trinajstić information content (AvgIpc) is 2.30. The van der Waals surface area contributed by atoms with Gasteiger partial charge in [0.05, 0.1) is 5.56 Å². The van der Waals surface area contributed by atoms with Crippen LogP contribution in [0.4, 0.5) is 5.82 Å². The van der Waals surface area contributed by atoms with Crippen molar-refractivity contribution in [2.45, 2.75) is 51.6 Å². The number of hydrogen-bond donors (Lipinski definition) is 3. The Labute approximate surface area is 113 Å². The number of rotatable bonds is 3. The van der Waals surface area contributed by atoms with Gasteiger partial charge in [0.15, 0.2) is 0 Å². The van der Waals surface area contributed by atoms with E-state index in [2.05, 4.69) is 10.3 Å². The van der Waals surface area contributed by atoms with Crippen molar-refractivity contribution >= 4 is 11.7 Å². The minimum Gasteiger partial charge on any atom is -0.365 e. The van der Waals surface area contributed by atoms with Crippen LogP contribution in [-0.4, -0.2) is 23.0 Å². The van der Waals surface area contributed by atoms with Gasteiger partial charge in [0, 0.05) is 17.8 Å². The molecule has 1 amide bonds. The Morgan fingerprint density at radius 3 is 2.68 bits per heavy atom. The highest BCUT2D eigenvalue weighted by Gasteiger charge is 2.24. The number of nitrogens with one attached hydrogen (secondary N) is 1. The van der Waals surface area contributed by atoms with E-state index in [9.17, 15) is 4.79 Å². The number of carbonyl (C=O) groups is 1. The van der Waals surface area contributed by atoms with Gasteiger partial charge in [-0.15, -0.1) is 0 Å². The van der Waals surface area contributed by atoms with Crippen molar-refractivity contribution < 1.29 is 4.79 Å². The fourth-order valence-corrected chi connectivity index (χ4v) is 2.77. The number of pyridine rings is 1. The second kappa shape index (κ2) is 5.57. The maximum Gasteiger partial charge on any atom is 0.252 e. The Hall–Kier alpha value is -1.62. The van der Waals surface area contributed by atoms with Crippen molar-refractivity contribution in [1.29, 1.82) is 0 Å². The fraction of sp³-hybridized carbons (Fsp3) is 0.571. The number of anilines is 1. The minimum absolute atomic E-state index is 0.108. The fourth-order valence-electron chi connectivity index (χ4n) is 2.77. The van der Waals surface area contributed by atoms with E-state index in [1.165, 1.54) is 6.42 Å². The van der Waals surface area contributed by atoms with Crippen molar-refractivity contribution in [3.8, 4) is 0 Å². The third kappa shape index (κ3) is 3.04. The van der Waals surface area contributed by atoms with E-state index in [0.29, 0.717) is 11.4 Å². The van der Waals surface area contributed by atoms with Crippen LogP contribution in [0.1, 0.15) is 47.3 Å². The van der Waals surface area contributed by atoms with E-state index in [-0.39, 0.29) is 12.1 Å². The van der Waals surface area contributed by atoms with Crippen LogP contribution in [0.5, 0.6) is 0 Å². The molecule has 1 saturated carbocycles. The summed E-state index contributed by atoms with van der Waals surface area (Å²) in [4.78, 5) is 16.0. The van der Waals surface area contributed by atoms with Gasteiger partial charge < -0.3 is 16.8 Å². The average molecular weight is 262 g/mol. The predicted octanol–water partition coefficient (Wildman–Crippen LogP) is 1.48. The monoisotopic (exact) mass is 262 g/mol. The molecular weight excluding hydrogens is 240 g/mol. The molecule has 19 heavy (non-hydrogen) atoms. The summed E-state index contributed by atoms with van der Waals surface area (Å²) in [6.07, 6.45) is 4.34. The summed E-state index contributed by atoms with van der Waals surface area (Å²) in [5.41, 5.74) is 13.8. The van der Waals surface area contributed by atoms with Crippen molar-refractivity contribution in [3.63, 3.8) is 0 Å². The molecule has 5 heteroatoms. The molecule has 5 nitrogen and oxygen atoms in total. The lowest BCUT2D eigenvalue weighted by Gasteiger charge is -2.30.